The first kappa shape index (κ1) is 11.6. The number of hydrogen-bond donors (Lipinski definition) is 1. The predicted octanol–water partition coefficient (Wildman–Crippen LogP) is 1.52. The number of aliphatic carboxylic acids is 1. The Balaban J connectivity index is 2.53. The monoisotopic (exact) mass is 278 g/mol. The average molecular weight is 278 g/mol. The van der Waals surface area contributed by atoms with Gasteiger partial charge in [0.1, 0.15) is 0 Å². The van der Waals surface area contributed by atoms with Crippen LogP contribution in [0.25, 0.3) is 0 Å². The van der Waals surface area contributed by atoms with E-state index in [1.807, 2.05) is 30.3 Å². The minimum absolute atomic E-state index is 0.0871. The second kappa shape index (κ2) is 6.07. The Morgan fingerprint density at radius 3 is 2.57 bits per heavy atom. The zero-order valence-electron chi connectivity index (χ0n) is 7.52. The van der Waals surface area contributed by atoms with Gasteiger partial charge in [-0.25, -0.2) is 0 Å². The van der Waals surface area contributed by atoms with Gasteiger partial charge in [0.15, 0.2) is 0 Å². The molecular formula is C10H11ClO2Se. The Kier molecular flexibility index (Phi) is 5.02. The molecule has 0 aliphatic carbocycles. The van der Waals surface area contributed by atoms with Crippen LogP contribution < -0.4 is 4.46 Å². The van der Waals surface area contributed by atoms with E-state index in [-0.39, 0.29) is 26.2 Å². The van der Waals surface area contributed by atoms with Gasteiger partial charge >= 0.3 is 94.3 Å². The van der Waals surface area contributed by atoms with Crippen LogP contribution >= 0.6 is 11.6 Å². The first-order chi connectivity index (χ1) is 6.72. The van der Waals surface area contributed by atoms with Crippen molar-refractivity contribution in [2.24, 2.45) is 0 Å². The fourth-order valence-corrected chi connectivity index (χ4v) is 3.52. The van der Waals surface area contributed by atoms with Crippen LogP contribution in [0.2, 0.25) is 4.82 Å². The van der Waals surface area contributed by atoms with Crippen LogP contribution in [-0.2, 0) is 4.79 Å². The molecule has 1 aromatic carbocycles. The Morgan fingerprint density at radius 2 is 2.07 bits per heavy atom. The molecular weight excluding hydrogens is 267 g/mol. The van der Waals surface area contributed by atoms with E-state index in [1.165, 1.54) is 4.46 Å². The molecule has 0 spiro atoms. The van der Waals surface area contributed by atoms with Crippen molar-refractivity contribution in [1.29, 1.82) is 0 Å². The van der Waals surface area contributed by atoms with Crippen LogP contribution in [0.15, 0.2) is 30.3 Å². The Hall–Kier alpha value is -0.501. The molecule has 0 bridgehead atoms. The third-order valence-electron chi connectivity index (χ3n) is 1.62. The van der Waals surface area contributed by atoms with Crippen molar-refractivity contribution in [2.45, 2.75) is 11.2 Å². The van der Waals surface area contributed by atoms with Crippen LogP contribution in [0, 0.1) is 0 Å². The standard InChI is InChI=1S/C10H11ClO2Se/c11-7-9(6-10(12)13)14-8-4-2-1-3-5-8/h1-5,9H,6-7H2,(H,12,13). The van der Waals surface area contributed by atoms with E-state index in [9.17, 15) is 4.79 Å². The maximum absolute atomic E-state index is 10.5. The van der Waals surface area contributed by atoms with Crippen molar-refractivity contribution in [3.63, 3.8) is 0 Å². The number of benzene rings is 1. The van der Waals surface area contributed by atoms with Crippen LogP contribution in [0.4, 0.5) is 0 Å². The summed E-state index contributed by atoms with van der Waals surface area (Å²) < 4.78 is 1.20. The van der Waals surface area contributed by atoms with Crippen molar-refractivity contribution in [1.82, 2.24) is 0 Å². The minimum atomic E-state index is -0.770. The van der Waals surface area contributed by atoms with E-state index in [1.54, 1.807) is 0 Å². The molecule has 4 heteroatoms. The predicted molar refractivity (Wildman–Crippen MR) is 58.6 cm³/mol. The summed E-state index contributed by atoms with van der Waals surface area (Å²) in [5.74, 6) is -0.352. The summed E-state index contributed by atoms with van der Waals surface area (Å²) in [6.45, 7) is 0. The van der Waals surface area contributed by atoms with Crippen LogP contribution in [0.3, 0.4) is 0 Å². The number of carboxylic acid groups (broad SMARTS) is 1. The summed E-state index contributed by atoms with van der Waals surface area (Å²) >= 11 is 5.87. The Bertz CT molecular complexity index is 289. The molecule has 1 unspecified atom stereocenters. The normalized spacial score (nSPS) is 12.4. The molecule has 0 radical (unpaired) electrons. The van der Waals surface area contributed by atoms with E-state index in [2.05, 4.69) is 0 Å². The summed E-state index contributed by atoms with van der Waals surface area (Å²) in [7, 11) is 0. The molecule has 0 saturated carbocycles. The fourth-order valence-electron chi connectivity index (χ4n) is 1.01. The number of rotatable bonds is 5. The molecule has 0 aliphatic heterocycles. The number of carbonyl (C=O) groups is 1. The van der Waals surface area contributed by atoms with Gasteiger partial charge in [0, 0.05) is 0 Å². The van der Waals surface area contributed by atoms with E-state index < -0.39 is 5.97 Å². The summed E-state index contributed by atoms with van der Waals surface area (Å²) in [5.41, 5.74) is 0. The van der Waals surface area contributed by atoms with Gasteiger partial charge in [-0.05, 0) is 0 Å². The summed E-state index contributed by atoms with van der Waals surface area (Å²) in [6, 6.07) is 9.90. The molecule has 1 rings (SSSR count). The third-order valence-corrected chi connectivity index (χ3v) is 4.95. The van der Waals surface area contributed by atoms with Gasteiger partial charge in [-0.3, -0.25) is 0 Å². The molecule has 0 fully saturated rings. The van der Waals surface area contributed by atoms with Gasteiger partial charge in [0.05, 0.1) is 0 Å². The number of halogens is 1. The van der Waals surface area contributed by atoms with Gasteiger partial charge in [0.2, 0.25) is 0 Å². The molecule has 2 nitrogen and oxygen atoms in total. The third kappa shape index (κ3) is 4.14. The molecule has 1 aromatic rings. The number of alkyl halides is 1. The van der Waals surface area contributed by atoms with Gasteiger partial charge in [0.25, 0.3) is 0 Å². The zero-order chi connectivity index (χ0) is 10.4. The molecule has 1 N–H and O–H groups in total. The van der Waals surface area contributed by atoms with Gasteiger partial charge in [-0.1, -0.05) is 0 Å². The quantitative estimate of drug-likeness (QED) is 0.654. The molecule has 76 valence electrons. The van der Waals surface area contributed by atoms with E-state index in [4.69, 9.17) is 16.7 Å². The molecule has 0 aromatic heterocycles. The fraction of sp³-hybridized carbons (Fsp3) is 0.300. The molecule has 1 atom stereocenters. The first-order valence-corrected chi connectivity index (χ1v) is 6.60. The SMILES string of the molecule is O=C(O)CC(CCl)[Se]c1ccccc1. The average Bonchev–Trinajstić information content (AvgIpc) is 2.17. The molecule has 0 amide bonds. The van der Waals surface area contributed by atoms with E-state index >= 15 is 0 Å². The van der Waals surface area contributed by atoms with Crippen LogP contribution in [0.5, 0.6) is 0 Å². The molecule has 0 heterocycles. The Morgan fingerprint density at radius 1 is 1.43 bits per heavy atom. The van der Waals surface area contributed by atoms with Gasteiger partial charge in [-0.2, -0.15) is 0 Å². The van der Waals surface area contributed by atoms with E-state index in [0.717, 1.165) is 0 Å². The van der Waals surface area contributed by atoms with Crippen LogP contribution in [0.1, 0.15) is 6.42 Å². The van der Waals surface area contributed by atoms with Crippen LogP contribution in [-0.4, -0.2) is 31.9 Å². The van der Waals surface area contributed by atoms with Crippen molar-refractivity contribution < 1.29 is 9.90 Å². The molecule has 0 saturated heterocycles. The zero-order valence-corrected chi connectivity index (χ0v) is 9.99. The van der Waals surface area contributed by atoms with Crippen molar-refractivity contribution >= 4 is 37.0 Å². The van der Waals surface area contributed by atoms with Gasteiger partial charge in [-0.15, -0.1) is 0 Å². The summed E-state index contributed by atoms with van der Waals surface area (Å²) in [4.78, 5) is 10.6. The van der Waals surface area contributed by atoms with Crippen molar-refractivity contribution in [3.05, 3.63) is 30.3 Å². The Labute approximate surface area is 94.4 Å². The van der Waals surface area contributed by atoms with Crippen molar-refractivity contribution in [3.8, 4) is 0 Å². The first-order valence-electron chi connectivity index (χ1n) is 4.22. The molecule has 0 aliphatic rings. The van der Waals surface area contributed by atoms with Crippen molar-refractivity contribution in [2.75, 3.05) is 5.88 Å². The second-order valence-electron chi connectivity index (χ2n) is 2.81. The topological polar surface area (TPSA) is 37.3 Å². The molecule has 14 heavy (non-hydrogen) atoms. The van der Waals surface area contributed by atoms with Gasteiger partial charge < -0.3 is 0 Å². The number of hydrogen-bond acceptors (Lipinski definition) is 1. The maximum atomic E-state index is 10.5. The number of carboxylic acids is 1. The van der Waals surface area contributed by atoms with E-state index in [0.29, 0.717) is 5.88 Å². The summed E-state index contributed by atoms with van der Waals surface area (Å²) in [6.07, 6.45) is 0.165. The summed E-state index contributed by atoms with van der Waals surface area (Å²) in [5, 5.41) is 8.64. The second-order valence-corrected chi connectivity index (χ2v) is 6.00.